The van der Waals surface area contributed by atoms with Crippen LogP contribution in [0, 0.1) is 5.82 Å². The first-order chi connectivity index (χ1) is 17.5. The number of aromatic nitrogens is 1. The molecule has 2 heterocycles. The molecule has 0 spiro atoms. The van der Waals surface area contributed by atoms with Gasteiger partial charge in [-0.1, -0.05) is 12.1 Å². The number of nitrogens with zero attached hydrogens (tertiary/aromatic N) is 2. The summed E-state index contributed by atoms with van der Waals surface area (Å²) in [5, 5.41) is 5.27. The molecule has 4 amide bonds. The van der Waals surface area contributed by atoms with E-state index in [4.69, 9.17) is 0 Å². The van der Waals surface area contributed by atoms with Crippen LogP contribution in [0.2, 0.25) is 0 Å². The molecule has 2 aliphatic rings. The number of rotatable bonds is 6. The van der Waals surface area contributed by atoms with Crippen molar-refractivity contribution >= 4 is 12.1 Å². The number of pyridine rings is 1. The number of carbonyl (C=O) groups is 2. The molecule has 37 heavy (non-hydrogen) atoms. The molecule has 9 nitrogen and oxygen atoms in total. The lowest BCUT2D eigenvalue weighted by molar-refractivity contribution is -0.274. The van der Waals surface area contributed by atoms with Crippen LogP contribution in [0.4, 0.5) is 27.2 Å². The largest absolute Gasteiger partial charge is 0.573 e. The minimum atomic E-state index is -4.94. The van der Waals surface area contributed by atoms with E-state index in [1.54, 1.807) is 22.1 Å². The Morgan fingerprint density at radius 2 is 1.92 bits per heavy atom. The van der Waals surface area contributed by atoms with Crippen LogP contribution >= 0.6 is 0 Å². The molecule has 2 aromatic rings. The van der Waals surface area contributed by atoms with Crippen molar-refractivity contribution in [3.8, 4) is 5.75 Å². The van der Waals surface area contributed by atoms with E-state index in [0.29, 0.717) is 25.6 Å². The number of piperidine rings is 1. The Morgan fingerprint density at radius 3 is 2.51 bits per heavy atom. The van der Waals surface area contributed by atoms with Crippen molar-refractivity contribution in [1.29, 1.82) is 0 Å². The van der Waals surface area contributed by atoms with E-state index < -0.39 is 24.0 Å². The highest BCUT2D eigenvalue weighted by molar-refractivity contribution is 5.76. The SMILES string of the molecule is CNC(=O)N1CC(c2ccc(=O)[nH]c2)C[C@@H](N(C(=O)NCc2ccc(OC(F)(F)F)cc2F)C2CC2)C1. The van der Waals surface area contributed by atoms with Crippen molar-refractivity contribution in [2.24, 2.45) is 0 Å². The number of alkyl halides is 3. The van der Waals surface area contributed by atoms with Gasteiger partial charge in [-0.05, 0) is 30.9 Å². The van der Waals surface area contributed by atoms with Gasteiger partial charge in [-0.25, -0.2) is 14.0 Å². The fourth-order valence-electron chi connectivity index (χ4n) is 4.63. The second-order valence-corrected chi connectivity index (χ2v) is 9.13. The molecule has 200 valence electrons. The molecular weight excluding hydrogens is 498 g/mol. The molecule has 13 heteroatoms. The number of benzene rings is 1. The first-order valence-electron chi connectivity index (χ1n) is 11.8. The summed E-state index contributed by atoms with van der Waals surface area (Å²) < 4.78 is 55.2. The average molecular weight is 526 g/mol. The molecule has 2 atom stereocenters. The number of amides is 4. The lowest BCUT2D eigenvalue weighted by Gasteiger charge is -2.43. The zero-order valence-corrected chi connectivity index (χ0v) is 20.0. The quantitative estimate of drug-likeness (QED) is 0.504. The number of nitrogens with one attached hydrogen (secondary N) is 3. The zero-order chi connectivity index (χ0) is 26.7. The van der Waals surface area contributed by atoms with Crippen LogP contribution < -0.4 is 20.9 Å². The number of likely N-dealkylation sites (tertiary alicyclic amines) is 1. The summed E-state index contributed by atoms with van der Waals surface area (Å²) in [7, 11) is 1.52. The van der Waals surface area contributed by atoms with E-state index in [1.165, 1.54) is 13.1 Å². The van der Waals surface area contributed by atoms with Crippen LogP contribution in [0.1, 0.15) is 36.3 Å². The summed E-state index contributed by atoms with van der Waals surface area (Å²) in [6.45, 7) is 0.455. The second kappa shape index (κ2) is 10.7. The molecule has 1 saturated heterocycles. The van der Waals surface area contributed by atoms with E-state index in [2.05, 4.69) is 20.4 Å². The van der Waals surface area contributed by atoms with Gasteiger partial charge in [0.15, 0.2) is 0 Å². The Labute approximate surface area is 209 Å². The molecule has 1 unspecified atom stereocenters. The first kappa shape index (κ1) is 26.3. The Hall–Kier alpha value is -3.77. The van der Waals surface area contributed by atoms with Gasteiger partial charge in [0.05, 0.1) is 6.04 Å². The highest BCUT2D eigenvalue weighted by Crippen LogP contribution is 2.35. The topological polar surface area (TPSA) is 107 Å². The number of halogens is 4. The van der Waals surface area contributed by atoms with E-state index in [0.717, 1.165) is 30.5 Å². The van der Waals surface area contributed by atoms with Gasteiger partial charge >= 0.3 is 18.4 Å². The maximum Gasteiger partial charge on any atom is 0.573 e. The summed E-state index contributed by atoms with van der Waals surface area (Å²) in [6.07, 6.45) is -1.23. The number of carbonyl (C=O) groups excluding carboxylic acids is 2. The lowest BCUT2D eigenvalue weighted by Crippen LogP contribution is -2.57. The predicted molar refractivity (Wildman–Crippen MR) is 124 cm³/mol. The molecule has 2 fully saturated rings. The van der Waals surface area contributed by atoms with Crippen LogP contribution in [0.5, 0.6) is 5.75 Å². The summed E-state index contributed by atoms with van der Waals surface area (Å²) >= 11 is 0. The average Bonchev–Trinajstić information content (AvgIpc) is 3.67. The lowest BCUT2D eigenvalue weighted by atomic mass is 9.88. The number of hydrogen-bond donors (Lipinski definition) is 3. The molecule has 1 aromatic heterocycles. The third-order valence-electron chi connectivity index (χ3n) is 6.47. The third kappa shape index (κ3) is 6.71. The Bertz CT molecular complexity index is 1180. The molecule has 1 saturated carbocycles. The fraction of sp³-hybridized carbons (Fsp3) is 0.458. The zero-order valence-electron chi connectivity index (χ0n) is 20.0. The minimum Gasteiger partial charge on any atom is -0.406 e. The summed E-state index contributed by atoms with van der Waals surface area (Å²) in [6, 6.07) is 4.69. The maximum atomic E-state index is 14.4. The molecule has 1 aromatic carbocycles. The molecular formula is C24H27F4N5O4. The van der Waals surface area contributed by atoms with Crippen molar-refractivity contribution in [3.05, 3.63) is 63.8 Å². The Kier molecular flexibility index (Phi) is 7.60. The monoisotopic (exact) mass is 525 g/mol. The highest BCUT2D eigenvalue weighted by atomic mass is 19.4. The van der Waals surface area contributed by atoms with Gasteiger partial charge in [0.1, 0.15) is 11.6 Å². The van der Waals surface area contributed by atoms with E-state index in [1.807, 2.05) is 0 Å². The first-order valence-corrected chi connectivity index (χ1v) is 11.8. The molecule has 0 radical (unpaired) electrons. The summed E-state index contributed by atoms with van der Waals surface area (Å²) in [5.74, 6) is -1.77. The van der Waals surface area contributed by atoms with Crippen LogP contribution in [0.25, 0.3) is 0 Å². The number of urea groups is 2. The standard InChI is InChI=1S/C24H27F4N5O4/c1-29-22(35)32-12-16(14-3-7-21(34)30-10-14)8-18(13-32)33(17-4-5-17)23(36)31-11-15-2-6-19(9-20(15)25)37-24(26,27)28/h2-3,6-7,9-10,16-18H,4-5,8,11-13H2,1H3,(H,29,35)(H,30,34)(H,31,36)/t16?,18-/m1/s1. The summed E-state index contributed by atoms with van der Waals surface area (Å²) in [4.78, 5) is 43.2. The van der Waals surface area contributed by atoms with Crippen molar-refractivity contribution in [1.82, 2.24) is 25.4 Å². The normalized spacial score (nSPS) is 19.8. The van der Waals surface area contributed by atoms with Gasteiger partial charge < -0.3 is 30.2 Å². The van der Waals surface area contributed by atoms with Crippen molar-refractivity contribution in [3.63, 3.8) is 0 Å². The number of H-pyrrole nitrogens is 1. The van der Waals surface area contributed by atoms with Gasteiger partial charge in [-0.2, -0.15) is 0 Å². The molecule has 4 rings (SSSR count). The van der Waals surface area contributed by atoms with Crippen molar-refractivity contribution in [2.45, 2.75) is 50.2 Å². The van der Waals surface area contributed by atoms with E-state index in [9.17, 15) is 31.9 Å². The van der Waals surface area contributed by atoms with E-state index >= 15 is 0 Å². The van der Waals surface area contributed by atoms with Gasteiger partial charge in [-0.3, -0.25) is 4.79 Å². The number of aromatic amines is 1. The van der Waals surface area contributed by atoms with Crippen LogP contribution in [0.3, 0.4) is 0 Å². The van der Waals surface area contributed by atoms with Crippen molar-refractivity contribution < 1.29 is 31.9 Å². The highest BCUT2D eigenvalue weighted by Gasteiger charge is 2.42. The Balaban J connectivity index is 1.48. The van der Waals surface area contributed by atoms with Crippen LogP contribution in [-0.2, 0) is 6.54 Å². The van der Waals surface area contributed by atoms with Gasteiger partial charge in [0.25, 0.3) is 0 Å². The van der Waals surface area contributed by atoms with Crippen LogP contribution in [-0.4, -0.2) is 65.4 Å². The van der Waals surface area contributed by atoms with Crippen LogP contribution in [0.15, 0.2) is 41.3 Å². The van der Waals surface area contributed by atoms with E-state index in [-0.39, 0.29) is 41.7 Å². The van der Waals surface area contributed by atoms with Gasteiger partial charge in [-0.15, -0.1) is 13.2 Å². The predicted octanol–water partition coefficient (Wildman–Crippen LogP) is 3.28. The fourth-order valence-corrected chi connectivity index (χ4v) is 4.63. The molecule has 3 N–H and O–H groups in total. The third-order valence-corrected chi connectivity index (χ3v) is 6.47. The van der Waals surface area contributed by atoms with Gasteiger partial charge in [0, 0.05) is 62.5 Å². The van der Waals surface area contributed by atoms with Gasteiger partial charge in [0.2, 0.25) is 5.56 Å². The molecule has 1 aliphatic heterocycles. The van der Waals surface area contributed by atoms with Crippen molar-refractivity contribution in [2.75, 3.05) is 20.1 Å². The second-order valence-electron chi connectivity index (χ2n) is 9.13. The number of ether oxygens (including phenoxy) is 1. The minimum absolute atomic E-state index is 0.000342. The summed E-state index contributed by atoms with van der Waals surface area (Å²) in [5.41, 5.74) is 0.585. The Morgan fingerprint density at radius 1 is 1.16 bits per heavy atom. The molecule has 1 aliphatic carbocycles. The number of hydrogen-bond acceptors (Lipinski definition) is 4. The maximum absolute atomic E-state index is 14.4. The molecule has 0 bridgehead atoms. The smallest absolute Gasteiger partial charge is 0.406 e.